The van der Waals surface area contributed by atoms with Crippen LogP contribution in [0, 0.1) is 6.33 Å². The topological polar surface area (TPSA) is 52.9 Å². The number of fused-ring (bicyclic) bond motifs is 2. The Hall–Kier alpha value is -3.28. The van der Waals surface area contributed by atoms with Gasteiger partial charge >= 0.3 is 0 Å². The van der Waals surface area contributed by atoms with Gasteiger partial charge in [0.05, 0.1) is 31.0 Å². The average Bonchev–Trinajstić information content (AvgIpc) is 3.30. The number of nitrogens with zero attached hydrogens (tertiary/aromatic N) is 4. The number of furan rings is 2. The summed E-state index contributed by atoms with van der Waals surface area (Å²) in [6.07, 6.45) is 15.9. The molecular formula is C17H12N4O2. The summed E-state index contributed by atoms with van der Waals surface area (Å²) < 4.78 is 17.1. The van der Waals surface area contributed by atoms with Crippen LogP contribution in [0.5, 0.6) is 0 Å². The van der Waals surface area contributed by atoms with E-state index in [1.54, 1.807) is 25.1 Å². The standard InChI is InChI=1S/C17H12N4O2/c1-19-4-5-21(11-19)15-9-23-17-7-16-12(6-13(15)17)14(8-22-16)20-3-2-18-10-20/h2-10H,1H3. The molecule has 4 heterocycles. The van der Waals surface area contributed by atoms with Gasteiger partial charge in [0.1, 0.15) is 17.4 Å². The maximum atomic E-state index is 5.69. The molecule has 23 heavy (non-hydrogen) atoms. The summed E-state index contributed by atoms with van der Waals surface area (Å²) in [5, 5.41) is 2.02. The number of aromatic nitrogens is 4. The Morgan fingerprint density at radius 3 is 2.52 bits per heavy atom. The SMILES string of the molecule is C[n+]1[c-]n(-c2coc3cc4occ(-n5ccnc5)c4cc23)cc1. The molecule has 0 atom stereocenters. The van der Waals surface area contributed by atoms with E-state index >= 15 is 0 Å². The summed E-state index contributed by atoms with van der Waals surface area (Å²) in [6, 6.07) is 3.99. The van der Waals surface area contributed by atoms with Gasteiger partial charge < -0.3 is 22.5 Å². The zero-order valence-electron chi connectivity index (χ0n) is 12.3. The van der Waals surface area contributed by atoms with E-state index < -0.39 is 0 Å². The lowest BCUT2D eigenvalue weighted by Crippen LogP contribution is -2.24. The Bertz CT molecular complexity index is 1130. The smallest absolute Gasteiger partial charge is 0.243 e. The molecule has 0 amide bonds. The molecule has 6 heteroatoms. The highest BCUT2D eigenvalue weighted by atomic mass is 16.3. The van der Waals surface area contributed by atoms with Crippen LogP contribution in [-0.4, -0.2) is 14.1 Å². The fraction of sp³-hybridized carbons (Fsp3) is 0.0588. The van der Waals surface area contributed by atoms with Gasteiger partial charge in [0, 0.05) is 41.6 Å². The molecule has 0 unspecified atom stereocenters. The third-order valence-corrected chi connectivity index (χ3v) is 3.98. The van der Waals surface area contributed by atoms with Crippen LogP contribution in [0.4, 0.5) is 0 Å². The van der Waals surface area contributed by atoms with Crippen molar-refractivity contribution in [2.24, 2.45) is 7.05 Å². The van der Waals surface area contributed by atoms with Crippen LogP contribution in [0.15, 0.2) is 64.6 Å². The van der Waals surface area contributed by atoms with Crippen molar-refractivity contribution >= 4 is 21.9 Å². The lowest BCUT2D eigenvalue weighted by Gasteiger charge is -2.00. The molecule has 112 valence electrons. The number of benzene rings is 1. The van der Waals surface area contributed by atoms with Crippen molar-refractivity contribution in [1.82, 2.24) is 14.1 Å². The zero-order chi connectivity index (χ0) is 15.4. The van der Waals surface area contributed by atoms with E-state index in [1.807, 2.05) is 45.4 Å². The Morgan fingerprint density at radius 2 is 1.83 bits per heavy atom. The molecule has 0 saturated carbocycles. The van der Waals surface area contributed by atoms with Gasteiger partial charge in [-0.15, -0.1) is 0 Å². The van der Waals surface area contributed by atoms with E-state index in [0.717, 1.165) is 33.3 Å². The maximum absolute atomic E-state index is 5.69. The summed E-state index contributed by atoms with van der Waals surface area (Å²) in [4.78, 5) is 4.10. The monoisotopic (exact) mass is 304 g/mol. The fourth-order valence-corrected chi connectivity index (χ4v) is 2.85. The van der Waals surface area contributed by atoms with Gasteiger partial charge in [-0.25, -0.2) is 4.98 Å². The van der Waals surface area contributed by atoms with E-state index in [2.05, 4.69) is 17.4 Å². The van der Waals surface area contributed by atoms with Crippen LogP contribution in [0.1, 0.15) is 0 Å². The first-order chi connectivity index (χ1) is 11.3. The molecule has 0 aliphatic rings. The molecule has 1 aromatic carbocycles. The molecular weight excluding hydrogens is 292 g/mol. The molecule has 5 aromatic rings. The van der Waals surface area contributed by atoms with Crippen LogP contribution in [-0.2, 0) is 7.05 Å². The first kappa shape index (κ1) is 12.3. The quantitative estimate of drug-likeness (QED) is 0.372. The minimum atomic E-state index is 0.781. The number of hydrogen-bond donors (Lipinski definition) is 0. The third kappa shape index (κ3) is 1.75. The van der Waals surface area contributed by atoms with E-state index in [4.69, 9.17) is 8.83 Å². The van der Waals surface area contributed by atoms with Gasteiger partial charge in [-0.3, -0.25) is 0 Å². The van der Waals surface area contributed by atoms with E-state index in [0.29, 0.717) is 0 Å². The number of hydrogen-bond acceptors (Lipinski definition) is 3. The highest BCUT2D eigenvalue weighted by Gasteiger charge is 2.14. The minimum Gasteiger partial charge on any atom is -0.470 e. The number of imidazole rings is 2. The molecule has 0 fully saturated rings. The van der Waals surface area contributed by atoms with E-state index in [-0.39, 0.29) is 0 Å². The highest BCUT2D eigenvalue weighted by molar-refractivity contribution is 6.00. The average molecular weight is 304 g/mol. The molecule has 5 rings (SSSR count). The molecule has 0 bridgehead atoms. The largest absolute Gasteiger partial charge is 0.470 e. The van der Waals surface area contributed by atoms with Gasteiger partial charge in [0.15, 0.2) is 0 Å². The lowest BCUT2D eigenvalue weighted by atomic mass is 10.1. The van der Waals surface area contributed by atoms with Crippen molar-refractivity contribution in [2.75, 3.05) is 0 Å². The van der Waals surface area contributed by atoms with Crippen LogP contribution in [0.2, 0.25) is 0 Å². The number of aryl methyl sites for hydroxylation is 1. The zero-order valence-corrected chi connectivity index (χ0v) is 12.3. The second kappa shape index (κ2) is 4.36. The van der Waals surface area contributed by atoms with Crippen molar-refractivity contribution in [3.05, 3.63) is 62.1 Å². The molecule has 0 aliphatic heterocycles. The van der Waals surface area contributed by atoms with E-state index in [1.165, 1.54) is 0 Å². The van der Waals surface area contributed by atoms with Crippen molar-refractivity contribution in [2.45, 2.75) is 0 Å². The summed E-state index contributed by atoms with van der Waals surface area (Å²) in [5.41, 5.74) is 3.46. The van der Waals surface area contributed by atoms with Gasteiger partial charge in [-0.2, -0.15) is 0 Å². The summed E-state index contributed by atoms with van der Waals surface area (Å²) in [6.45, 7) is 0. The maximum Gasteiger partial charge on any atom is 0.243 e. The molecule has 0 spiro atoms. The Labute approximate surface area is 130 Å². The second-order valence-electron chi connectivity index (χ2n) is 5.44. The van der Waals surface area contributed by atoms with Crippen molar-refractivity contribution < 1.29 is 13.4 Å². The van der Waals surface area contributed by atoms with Crippen LogP contribution < -0.4 is 4.57 Å². The highest BCUT2D eigenvalue weighted by Crippen LogP contribution is 2.33. The molecule has 0 radical (unpaired) electrons. The van der Waals surface area contributed by atoms with E-state index in [9.17, 15) is 0 Å². The molecule has 6 nitrogen and oxygen atoms in total. The first-order valence-electron chi connectivity index (χ1n) is 7.17. The molecule has 4 aromatic heterocycles. The number of rotatable bonds is 2. The molecule has 0 aliphatic carbocycles. The minimum absolute atomic E-state index is 0.781. The second-order valence-corrected chi connectivity index (χ2v) is 5.44. The van der Waals surface area contributed by atoms with Crippen LogP contribution >= 0.6 is 0 Å². The normalized spacial score (nSPS) is 11.7. The van der Waals surface area contributed by atoms with Crippen molar-refractivity contribution in [3.8, 4) is 11.4 Å². The first-order valence-corrected chi connectivity index (χ1v) is 7.17. The molecule has 0 saturated heterocycles. The Kier molecular flexibility index (Phi) is 2.33. The lowest BCUT2D eigenvalue weighted by molar-refractivity contribution is -0.674. The van der Waals surface area contributed by atoms with Crippen LogP contribution in [0.3, 0.4) is 0 Å². The van der Waals surface area contributed by atoms with Crippen LogP contribution in [0.25, 0.3) is 33.3 Å². The van der Waals surface area contributed by atoms with Gasteiger partial charge in [-0.05, 0) is 6.07 Å². The summed E-state index contributed by atoms with van der Waals surface area (Å²) in [7, 11) is 1.93. The van der Waals surface area contributed by atoms with Gasteiger partial charge in [0.2, 0.25) is 6.33 Å². The predicted octanol–water partition coefficient (Wildman–Crippen LogP) is 2.78. The Morgan fingerprint density at radius 1 is 1.04 bits per heavy atom. The Balaban J connectivity index is 1.80. The predicted molar refractivity (Wildman–Crippen MR) is 82.4 cm³/mol. The van der Waals surface area contributed by atoms with Crippen molar-refractivity contribution in [3.63, 3.8) is 0 Å². The summed E-state index contributed by atoms with van der Waals surface area (Å²) in [5.74, 6) is 0. The van der Waals surface area contributed by atoms with Gasteiger partial charge in [-0.1, -0.05) is 0 Å². The third-order valence-electron chi connectivity index (χ3n) is 3.98. The van der Waals surface area contributed by atoms with Gasteiger partial charge in [0.25, 0.3) is 0 Å². The fourth-order valence-electron chi connectivity index (χ4n) is 2.85. The van der Waals surface area contributed by atoms with Crippen molar-refractivity contribution in [1.29, 1.82) is 0 Å². The molecule has 0 N–H and O–H groups in total. The summed E-state index contributed by atoms with van der Waals surface area (Å²) >= 11 is 0.